The van der Waals surface area contributed by atoms with Crippen molar-refractivity contribution in [3.63, 3.8) is 0 Å². The summed E-state index contributed by atoms with van der Waals surface area (Å²) in [5.74, 6) is 0.407. The molecule has 0 fully saturated rings. The van der Waals surface area contributed by atoms with Crippen LogP contribution < -0.4 is 5.73 Å². The molecule has 0 radical (unpaired) electrons. The molecule has 0 aromatic carbocycles. The van der Waals surface area contributed by atoms with E-state index in [4.69, 9.17) is 5.73 Å². The summed E-state index contributed by atoms with van der Waals surface area (Å²) in [7, 11) is 1.77. The summed E-state index contributed by atoms with van der Waals surface area (Å²) in [5, 5.41) is 0. The van der Waals surface area contributed by atoms with Crippen LogP contribution in [0.1, 0.15) is 34.6 Å². The molecule has 0 aromatic rings. The molecule has 3 heteroatoms. The number of hydrogen-bond acceptors (Lipinski definition) is 3. The third-order valence-corrected chi connectivity index (χ3v) is 2.23. The maximum Gasteiger partial charge on any atom is 0.0944 e. The van der Waals surface area contributed by atoms with Crippen LogP contribution in [0.15, 0.2) is 9.98 Å². The van der Waals surface area contributed by atoms with Crippen molar-refractivity contribution in [3.05, 3.63) is 0 Å². The molecule has 1 unspecified atom stereocenters. The van der Waals surface area contributed by atoms with Crippen molar-refractivity contribution in [2.45, 2.75) is 45.7 Å². The number of aliphatic imine (C=N–C) groups is 2. The smallest absolute Gasteiger partial charge is 0.0944 e. The second-order valence-corrected chi connectivity index (χ2v) is 4.85. The van der Waals surface area contributed by atoms with Crippen molar-refractivity contribution >= 4 is 12.4 Å². The molecule has 14 heavy (non-hydrogen) atoms. The first-order valence-electron chi connectivity index (χ1n) is 5.00. The van der Waals surface area contributed by atoms with Gasteiger partial charge in [-0.3, -0.25) is 9.98 Å². The molecule has 2 N–H and O–H groups in total. The van der Waals surface area contributed by atoms with Gasteiger partial charge in [-0.15, -0.1) is 0 Å². The molecular weight excluding hydrogens is 174 g/mol. The maximum atomic E-state index is 5.85. The van der Waals surface area contributed by atoms with Gasteiger partial charge in [0.2, 0.25) is 0 Å². The van der Waals surface area contributed by atoms with E-state index in [9.17, 15) is 0 Å². The molecule has 3 nitrogen and oxygen atoms in total. The zero-order valence-electron chi connectivity index (χ0n) is 10.2. The van der Waals surface area contributed by atoms with Gasteiger partial charge in [-0.1, -0.05) is 13.8 Å². The van der Waals surface area contributed by atoms with Crippen LogP contribution in [0.25, 0.3) is 0 Å². The van der Waals surface area contributed by atoms with E-state index < -0.39 is 0 Å². The minimum atomic E-state index is -0.363. The van der Waals surface area contributed by atoms with Crippen molar-refractivity contribution in [2.24, 2.45) is 21.6 Å². The highest BCUT2D eigenvalue weighted by molar-refractivity contribution is 5.76. The number of rotatable bonds is 4. The van der Waals surface area contributed by atoms with Gasteiger partial charge < -0.3 is 5.73 Å². The molecule has 1 atom stereocenters. The zero-order valence-corrected chi connectivity index (χ0v) is 10.2. The Morgan fingerprint density at radius 3 is 1.93 bits per heavy atom. The highest BCUT2D eigenvalue weighted by Crippen LogP contribution is 2.19. The Kier molecular flexibility index (Phi) is 4.46. The first kappa shape index (κ1) is 13.3. The Labute approximate surface area is 87.5 Å². The van der Waals surface area contributed by atoms with Crippen molar-refractivity contribution in [1.82, 2.24) is 0 Å². The standard InChI is InChI=1S/C11H23N3/c1-9(2)11(5,8-13-6)14-7-10(3,4)12/h7-9H,12H2,1-6H3. The number of nitrogens with two attached hydrogens (primary N) is 1. The Bertz CT molecular complexity index is 223. The molecule has 0 bridgehead atoms. The lowest BCUT2D eigenvalue weighted by Crippen LogP contribution is -2.38. The van der Waals surface area contributed by atoms with Crippen LogP contribution >= 0.6 is 0 Å². The summed E-state index contributed by atoms with van der Waals surface area (Å²) in [6, 6.07) is 0. The van der Waals surface area contributed by atoms with Gasteiger partial charge >= 0.3 is 0 Å². The lowest BCUT2D eigenvalue weighted by molar-refractivity contribution is 0.457. The summed E-state index contributed by atoms with van der Waals surface area (Å²) in [4.78, 5) is 8.57. The fourth-order valence-electron chi connectivity index (χ4n) is 0.898. The van der Waals surface area contributed by atoms with Gasteiger partial charge in [0.15, 0.2) is 0 Å². The van der Waals surface area contributed by atoms with Gasteiger partial charge in [0.25, 0.3) is 0 Å². The Morgan fingerprint density at radius 2 is 1.64 bits per heavy atom. The molecule has 82 valence electrons. The molecule has 0 aliphatic rings. The fourth-order valence-corrected chi connectivity index (χ4v) is 0.898. The van der Waals surface area contributed by atoms with Crippen LogP contribution in [-0.2, 0) is 0 Å². The van der Waals surface area contributed by atoms with Crippen LogP contribution in [0.5, 0.6) is 0 Å². The summed E-state index contributed by atoms with van der Waals surface area (Å²) in [6.07, 6.45) is 3.68. The van der Waals surface area contributed by atoms with Gasteiger partial charge in [-0.2, -0.15) is 0 Å². The van der Waals surface area contributed by atoms with E-state index in [2.05, 4.69) is 30.8 Å². The molecule has 0 aromatic heterocycles. The Balaban J connectivity index is 4.79. The van der Waals surface area contributed by atoms with Gasteiger partial charge in [0, 0.05) is 25.0 Å². The van der Waals surface area contributed by atoms with Gasteiger partial charge in [0.05, 0.1) is 5.54 Å². The summed E-state index contributed by atoms with van der Waals surface area (Å²) >= 11 is 0. The normalized spacial score (nSPS) is 18.3. The Morgan fingerprint density at radius 1 is 1.14 bits per heavy atom. The third-order valence-electron chi connectivity index (χ3n) is 2.23. The van der Waals surface area contributed by atoms with Crippen LogP contribution in [0.2, 0.25) is 0 Å². The molecule has 0 amide bonds. The average Bonchev–Trinajstić information content (AvgIpc) is 2.00. The summed E-state index contributed by atoms with van der Waals surface area (Å²) in [5.41, 5.74) is 5.24. The molecule has 0 saturated carbocycles. The van der Waals surface area contributed by atoms with Crippen LogP contribution in [-0.4, -0.2) is 30.6 Å². The van der Waals surface area contributed by atoms with Crippen LogP contribution in [0.4, 0.5) is 0 Å². The van der Waals surface area contributed by atoms with Gasteiger partial charge in [-0.05, 0) is 26.7 Å². The second kappa shape index (κ2) is 4.69. The van der Waals surface area contributed by atoms with E-state index in [0.717, 1.165) is 0 Å². The SMILES string of the molecule is CN=CC(C)(N=CC(C)(C)N)C(C)C. The molecule has 0 rings (SSSR count). The fraction of sp³-hybridized carbons (Fsp3) is 0.818. The van der Waals surface area contributed by atoms with Crippen molar-refractivity contribution < 1.29 is 0 Å². The summed E-state index contributed by atoms with van der Waals surface area (Å²) in [6.45, 7) is 10.2. The third kappa shape index (κ3) is 4.51. The minimum absolute atomic E-state index is 0.245. The number of hydrogen-bond donors (Lipinski definition) is 1. The van der Waals surface area contributed by atoms with Crippen LogP contribution in [0.3, 0.4) is 0 Å². The van der Waals surface area contributed by atoms with E-state index in [0.29, 0.717) is 5.92 Å². The van der Waals surface area contributed by atoms with Crippen molar-refractivity contribution in [3.8, 4) is 0 Å². The van der Waals surface area contributed by atoms with E-state index in [1.807, 2.05) is 20.1 Å². The average molecular weight is 197 g/mol. The van der Waals surface area contributed by atoms with E-state index >= 15 is 0 Å². The highest BCUT2D eigenvalue weighted by Gasteiger charge is 2.25. The van der Waals surface area contributed by atoms with E-state index in [-0.39, 0.29) is 11.1 Å². The van der Waals surface area contributed by atoms with E-state index in [1.54, 1.807) is 13.3 Å². The zero-order chi connectivity index (χ0) is 11.4. The molecule has 0 aliphatic heterocycles. The molecule has 0 heterocycles. The quantitative estimate of drug-likeness (QED) is 0.688. The lowest BCUT2D eigenvalue weighted by atomic mass is 9.90. The van der Waals surface area contributed by atoms with Gasteiger partial charge in [-0.25, -0.2) is 0 Å². The maximum absolute atomic E-state index is 5.85. The lowest BCUT2D eigenvalue weighted by Gasteiger charge is -2.26. The molecule has 0 spiro atoms. The van der Waals surface area contributed by atoms with Gasteiger partial charge in [0.1, 0.15) is 0 Å². The highest BCUT2D eigenvalue weighted by atomic mass is 14.9. The minimum Gasteiger partial charge on any atom is -0.321 e. The first-order chi connectivity index (χ1) is 6.21. The molecule has 0 saturated heterocycles. The topological polar surface area (TPSA) is 50.7 Å². The van der Waals surface area contributed by atoms with E-state index in [1.165, 1.54) is 0 Å². The number of nitrogens with zero attached hydrogens (tertiary/aromatic N) is 2. The van der Waals surface area contributed by atoms with Crippen LogP contribution in [0, 0.1) is 5.92 Å². The summed E-state index contributed by atoms with van der Waals surface area (Å²) < 4.78 is 0. The molecular formula is C11H23N3. The monoisotopic (exact) mass is 197 g/mol. The Hall–Kier alpha value is -0.700. The first-order valence-corrected chi connectivity index (χ1v) is 5.00. The second-order valence-electron chi connectivity index (χ2n) is 4.85. The predicted molar refractivity (Wildman–Crippen MR) is 64.4 cm³/mol. The largest absolute Gasteiger partial charge is 0.321 e. The molecule has 0 aliphatic carbocycles. The predicted octanol–water partition coefficient (Wildman–Crippen LogP) is 1.91. The van der Waals surface area contributed by atoms with Crippen molar-refractivity contribution in [1.29, 1.82) is 0 Å². The van der Waals surface area contributed by atoms with Crippen molar-refractivity contribution in [2.75, 3.05) is 7.05 Å².